The minimum atomic E-state index is -0.658. The van der Waals surface area contributed by atoms with Crippen molar-refractivity contribution in [2.75, 3.05) is 20.2 Å². The molecule has 140 valence electrons. The van der Waals surface area contributed by atoms with Crippen LogP contribution in [0.2, 0.25) is 5.02 Å². The lowest BCUT2D eigenvalue weighted by molar-refractivity contribution is -0.137. The van der Waals surface area contributed by atoms with Gasteiger partial charge in [0.1, 0.15) is 5.70 Å². The molecule has 0 spiro atoms. The summed E-state index contributed by atoms with van der Waals surface area (Å²) in [5, 5.41) is 3.30. The minimum absolute atomic E-state index is 0.00709. The van der Waals surface area contributed by atoms with Crippen molar-refractivity contribution in [1.29, 1.82) is 0 Å². The van der Waals surface area contributed by atoms with Crippen LogP contribution in [0, 0.1) is 0 Å². The zero-order valence-corrected chi connectivity index (χ0v) is 15.6. The Morgan fingerprint density at radius 1 is 1.30 bits per heavy atom. The van der Waals surface area contributed by atoms with Crippen molar-refractivity contribution >= 4 is 29.3 Å². The summed E-state index contributed by atoms with van der Waals surface area (Å²) in [5.74, 6) is -1.58. The number of esters is 1. The van der Waals surface area contributed by atoms with Gasteiger partial charge in [-0.25, -0.2) is 4.79 Å². The molecule has 27 heavy (non-hydrogen) atoms. The first-order valence-corrected chi connectivity index (χ1v) is 9.30. The highest BCUT2D eigenvalue weighted by Crippen LogP contribution is 2.47. The van der Waals surface area contributed by atoms with E-state index in [-0.39, 0.29) is 23.0 Å². The van der Waals surface area contributed by atoms with Crippen molar-refractivity contribution in [1.82, 2.24) is 10.2 Å². The molecule has 0 unspecified atom stereocenters. The predicted octanol–water partition coefficient (Wildman–Crippen LogP) is 2.30. The zero-order valence-electron chi connectivity index (χ0n) is 14.9. The maximum atomic E-state index is 12.9. The van der Waals surface area contributed by atoms with E-state index in [0.717, 1.165) is 12.1 Å². The number of nitrogens with zero attached hydrogens (tertiary/aromatic N) is 1. The summed E-state index contributed by atoms with van der Waals surface area (Å²) in [6.07, 6.45) is 1.86. The maximum absolute atomic E-state index is 12.9. The first kappa shape index (κ1) is 17.8. The van der Waals surface area contributed by atoms with Crippen LogP contribution in [0.15, 0.2) is 46.8 Å². The molecule has 1 aromatic carbocycles. The molecule has 6 nitrogen and oxygen atoms in total. The van der Waals surface area contributed by atoms with Crippen molar-refractivity contribution in [2.45, 2.75) is 25.2 Å². The number of halogens is 1. The van der Waals surface area contributed by atoms with Gasteiger partial charge in [-0.2, -0.15) is 0 Å². The van der Waals surface area contributed by atoms with Gasteiger partial charge in [-0.15, -0.1) is 0 Å². The van der Waals surface area contributed by atoms with Crippen molar-refractivity contribution < 1.29 is 19.1 Å². The van der Waals surface area contributed by atoms with Gasteiger partial charge in [0.05, 0.1) is 12.7 Å². The van der Waals surface area contributed by atoms with Crippen molar-refractivity contribution in [3.63, 3.8) is 0 Å². The van der Waals surface area contributed by atoms with Crippen LogP contribution in [-0.4, -0.2) is 42.8 Å². The Hall–Kier alpha value is -2.60. The highest BCUT2D eigenvalue weighted by Gasteiger charge is 2.45. The number of benzene rings is 1. The number of ketones is 1. The molecule has 0 aromatic heterocycles. The van der Waals surface area contributed by atoms with Gasteiger partial charge in [-0.1, -0.05) is 23.7 Å². The van der Waals surface area contributed by atoms with Crippen LogP contribution in [-0.2, 0) is 19.1 Å². The Morgan fingerprint density at radius 2 is 2.11 bits per heavy atom. The van der Waals surface area contributed by atoms with E-state index in [9.17, 15) is 14.4 Å². The van der Waals surface area contributed by atoms with Crippen LogP contribution in [0.1, 0.15) is 30.7 Å². The normalized spacial score (nSPS) is 22.3. The van der Waals surface area contributed by atoms with Gasteiger partial charge in [0.25, 0.3) is 5.91 Å². The Morgan fingerprint density at radius 3 is 2.85 bits per heavy atom. The molecular weight excluding hydrogens is 368 g/mol. The number of hydrogen-bond donors (Lipinski definition) is 1. The van der Waals surface area contributed by atoms with Gasteiger partial charge in [0.15, 0.2) is 5.78 Å². The first-order valence-electron chi connectivity index (χ1n) is 8.93. The number of fused-ring (bicyclic) bond motifs is 2. The van der Waals surface area contributed by atoms with Crippen LogP contribution in [0.3, 0.4) is 0 Å². The highest BCUT2D eigenvalue weighted by molar-refractivity contribution is 6.30. The number of nitrogens with one attached hydrogen (secondary N) is 1. The summed E-state index contributed by atoms with van der Waals surface area (Å²) in [5.41, 5.74) is 2.62. The fourth-order valence-corrected chi connectivity index (χ4v) is 4.42. The Kier molecular flexibility index (Phi) is 4.52. The Balaban J connectivity index is 2.02. The molecule has 7 heteroatoms. The third kappa shape index (κ3) is 2.84. The van der Waals surface area contributed by atoms with E-state index < -0.39 is 11.9 Å². The smallest absolute Gasteiger partial charge is 0.337 e. The van der Waals surface area contributed by atoms with Crippen molar-refractivity contribution in [2.24, 2.45) is 0 Å². The number of piperazine rings is 1. The van der Waals surface area contributed by atoms with Gasteiger partial charge < -0.3 is 15.0 Å². The zero-order chi connectivity index (χ0) is 19.1. The molecule has 1 amide bonds. The number of rotatable bonds is 2. The first-order chi connectivity index (χ1) is 13.0. The molecule has 1 aromatic rings. The maximum Gasteiger partial charge on any atom is 0.337 e. The average Bonchev–Trinajstić information content (AvgIpc) is 2.67. The second-order valence-corrected chi connectivity index (χ2v) is 7.22. The van der Waals surface area contributed by atoms with E-state index in [1.54, 1.807) is 18.2 Å². The summed E-state index contributed by atoms with van der Waals surface area (Å²) in [4.78, 5) is 40.2. The Labute approximate surface area is 161 Å². The molecule has 0 bridgehead atoms. The van der Waals surface area contributed by atoms with Gasteiger partial charge in [-0.3, -0.25) is 9.59 Å². The number of carbonyl (C=O) groups is 3. The number of amides is 1. The SMILES string of the molecule is COC(=O)C1=C2C(=O)NCCN2C2=C(C(=O)CCC2)[C@H]1c1cccc(Cl)c1. The summed E-state index contributed by atoms with van der Waals surface area (Å²) in [6, 6.07) is 7.07. The quantitative estimate of drug-likeness (QED) is 0.789. The molecule has 3 aliphatic rings. The third-order valence-corrected chi connectivity index (χ3v) is 5.52. The fourth-order valence-electron chi connectivity index (χ4n) is 4.22. The molecule has 1 fully saturated rings. The number of ether oxygens (including phenoxy) is 1. The van der Waals surface area contributed by atoms with E-state index in [1.807, 2.05) is 11.0 Å². The van der Waals surface area contributed by atoms with Crippen LogP contribution in [0.4, 0.5) is 0 Å². The molecule has 0 saturated carbocycles. The summed E-state index contributed by atoms with van der Waals surface area (Å²) >= 11 is 6.18. The minimum Gasteiger partial charge on any atom is -0.466 e. The van der Waals surface area contributed by atoms with Gasteiger partial charge in [0, 0.05) is 41.7 Å². The van der Waals surface area contributed by atoms with E-state index in [0.29, 0.717) is 42.1 Å². The summed E-state index contributed by atoms with van der Waals surface area (Å²) in [6.45, 7) is 0.986. The summed E-state index contributed by atoms with van der Waals surface area (Å²) in [7, 11) is 1.28. The lowest BCUT2D eigenvalue weighted by Gasteiger charge is -2.43. The van der Waals surface area contributed by atoms with E-state index in [1.165, 1.54) is 7.11 Å². The Bertz CT molecular complexity index is 918. The van der Waals surface area contributed by atoms with Crippen molar-refractivity contribution in [3.8, 4) is 0 Å². The van der Waals surface area contributed by atoms with Crippen LogP contribution in [0.25, 0.3) is 0 Å². The molecule has 1 N–H and O–H groups in total. The van der Waals surface area contributed by atoms with Crippen LogP contribution < -0.4 is 5.32 Å². The molecule has 2 aliphatic heterocycles. The average molecular weight is 387 g/mol. The standard InChI is InChI=1S/C20H19ClN2O4/c1-27-20(26)17-15(11-4-2-5-12(21)10-11)16-13(6-3-7-14(16)24)23-9-8-22-19(25)18(17)23/h2,4-5,10,15H,3,6-9H2,1H3,(H,22,25)/t15-/m1/s1. The van der Waals surface area contributed by atoms with Crippen molar-refractivity contribution in [3.05, 3.63) is 57.4 Å². The topological polar surface area (TPSA) is 75.7 Å². The molecule has 2 heterocycles. The number of Topliss-reactive ketones (excluding diaryl/α,β-unsaturated/α-hetero) is 1. The number of allylic oxidation sites excluding steroid dienone is 2. The molecule has 4 rings (SSSR count). The highest BCUT2D eigenvalue weighted by atomic mass is 35.5. The monoisotopic (exact) mass is 386 g/mol. The van der Waals surface area contributed by atoms with E-state index >= 15 is 0 Å². The lowest BCUT2D eigenvalue weighted by Crippen LogP contribution is -2.50. The second kappa shape index (κ2) is 6.85. The number of carbonyl (C=O) groups excluding carboxylic acids is 3. The van der Waals surface area contributed by atoms with E-state index in [2.05, 4.69) is 5.32 Å². The molecule has 1 aliphatic carbocycles. The number of hydrogen-bond acceptors (Lipinski definition) is 5. The fraction of sp³-hybridized carbons (Fsp3) is 0.350. The molecule has 1 saturated heterocycles. The van der Waals surface area contributed by atoms with Gasteiger partial charge >= 0.3 is 5.97 Å². The van der Waals surface area contributed by atoms with Gasteiger partial charge in [-0.05, 0) is 30.5 Å². The van der Waals surface area contributed by atoms with E-state index in [4.69, 9.17) is 16.3 Å². The lowest BCUT2D eigenvalue weighted by atomic mass is 9.74. The van der Waals surface area contributed by atoms with Crippen LogP contribution in [0.5, 0.6) is 0 Å². The van der Waals surface area contributed by atoms with Crippen LogP contribution >= 0.6 is 11.6 Å². The number of methoxy groups -OCH3 is 1. The molecule has 1 atom stereocenters. The second-order valence-electron chi connectivity index (χ2n) is 6.79. The predicted molar refractivity (Wildman–Crippen MR) is 98.8 cm³/mol. The summed E-state index contributed by atoms with van der Waals surface area (Å²) < 4.78 is 5.01. The molecule has 0 radical (unpaired) electrons. The van der Waals surface area contributed by atoms with Gasteiger partial charge in [0.2, 0.25) is 0 Å². The molecular formula is C20H19ClN2O4. The largest absolute Gasteiger partial charge is 0.466 e. The third-order valence-electron chi connectivity index (χ3n) is 5.28.